The molecule has 2 aliphatic heterocycles. The Kier molecular flexibility index (Phi) is 5.21. The van der Waals surface area contributed by atoms with Gasteiger partial charge in [-0.1, -0.05) is 0 Å². The second-order valence-corrected chi connectivity index (χ2v) is 6.84. The van der Waals surface area contributed by atoms with E-state index in [9.17, 15) is 26.3 Å². The van der Waals surface area contributed by atoms with E-state index in [1.165, 1.54) is 6.33 Å². The van der Waals surface area contributed by atoms with Crippen molar-refractivity contribution >= 4 is 11.6 Å². The first kappa shape index (κ1) is 19.0. The molecule has 0 aliphatic carbocycles. The van der Waals surface area contributed by atoms with Crippen molar-refractivity contribution in [3.8, 4) is 0 Å². The van der Waals surface area contributed by atoms with Gasteiger partial charge in [0.25, 0.3) is 0 Å². The minimum absolute atomic E-state index is 0.0137. The maximum absolute atomic E-state index is 12.8. The van der Waals surface area contributed by atoms with Gasteiger partial charge in [0, 0.05) is 32.2 Å². The molecular formula is C16H20F6N4. The van der Waals surface area contributed by atoms with Crippen LogP contribution in [0.1, 0.15) is 25.7 Å². The number of piperidine rings is 2. The Balaban J connectivity index is 1.61. The smallest absolute Gasteiger partial charge is 0.356 e. The summed E-state index contributed by atoms with van der Waals surface area (Å²) in [7, 11) is 0. The lowest BCUT2D eigenvalue weighted by molar-refractivity contribution is -0.179. The molecular weight excluding hydrogens is 362 g/mol. The van der Waals surface area contributed by atoms with Crippen LogP contribution in [0.4, 0.5) is 38.0 Å². The molecule has 146 valence electrons. The van der Waals surface area contributed by atoms with Crippen LogP contribution >= 0.6 is 0 Å². The first-order chi connectivity index (χ1) is 12.1. The zero-order valence-electron chi connectivity index (χ0n) is 14.0. The summed E-state index contributed by atoms with van der Waals surface area (Å²) in [6.45, 7) is 0.987. The molecule has 2 saturated heterocycles. The van der Waals surface area contributed by atoms with E-state index in [1.54, 1.807) is 15.9 Å². The highest BCUT2D eigenvalue weighted by atomic mass is 19.4. The fourth-order valence-electron chi connectivity index (χ4n) is 3.55. The maximum atomic E-state index is 12.8. The van der Waals surface area contributed by atoms with E-state index in [-0.39, 0.29) is 51.9 Å². The highest BCUT2D eigenvalue weighted by molar-refractivity contribution is 5.50. The molecule has 3 rings (SSSR count). The van der Waals surface area contributed by atoms with Gasteiger partial charge in [0.2, 0.25) is 0 Å². The molecule has 1 aromatic heterocycles. The summed E-state index contributed by atoms with van der Waals surface area (Å²) in [4.78, 5) is 11.8. The van der Waals surface area contributed by atoms with E-state index in [2.05, 4.69) is 9.97 Å². The van der Waals surface area contributed by atoms with Crippen molar-refractivity contribution < 1.29 is 26.3 Å². The van der Waals surface area contributed by atoms with Crippen molar-refractivity contribution in [2.24, 2.45) is 11.8 Å². The first-order valence-electron chi connectivity index (χ1n) is 8.60. The van der Waals surface area contributed by atoms with Gasteiger partial charge in [0.05, 0.1) is 11.8 Å². The summed E-state index contributed by atoms with van der Waals surface area (Å²) in [5.41, 5.74) is 0. The number of alkyl halides is 6. The van der Waals surface area contributed by atoms with E-state index in [4.69, 9.17) is 0 Å². The van der Waals surface area contributed by atoms with Crippen molar-refractivity contribution in [1.82, 2.24) is 9.97 Å². The Morgan fingerprint density at radius 3 is 1.35 bits per heavy atom. The molecule has 0 unspecified atom stereocenters. The fourth-order valence-corrected chi connectivity index (χ4v) is 3.55. The molecule has 0 amide bonds. The van der Waals surface area contributed by atoms with Crippen LogP contribution in [-0.4, -0.2) is 48.5 Å². The van der Waals surface area contributed by atoms with Gasteiger partial charge in [-0.15, -0.1) is 0 Å². The molecule has 0 bridgehead atoms. The highest BCUT2D eigenvalue weighted by Crippen LogP contribution is 2.37. The average Bonchev–Trinajstić information content (AvgIpc) is 2.61. The topological polar surface area (TPSA) is 32.3 Å². The van der Waals surface area contributed by atoms with Gasteiger partial charge < -0.3 is 9.80 Å². The number of hydrogen-bond donors (Lipinski definition) is 0. The van der Waals surface area contributed by atoms with Crippen LogP contribution < -0.4 is 9.80 Å². The van der Waals surface area contributed by atoms with Crippen LogP contribution in [0.5, 0.6) is 0 Å². The number of halogens is 6. The lowest BCUT2D eigenvalue weighted by Crippen LogP contribution is -2.40. The third kappa shape index (κ3) is 4.32. The summed E-state index contributed by atoms with van der Waals surface area (Å²) in [6, 6.07) is 1.65. The molecule has 4 nitrogen and oxygen atoms in total. The molecule has 2 fully saturated rings. The lowest BCUT2D eigenvalue weighted by atomic mass is 9.96. The summed E-state index contributed by atoms with van der Waals surface area (Å²) in [5.74, 6) is -1.54. The van der Waals surface area contributed by atoms with Crippen LogP contribution in [0.3, 0.4) is 0 Å². The Bertz CT molecular complexity index is 552. The zero-order chi connectivity index (χ0) is 18.9. The molecule has 0 saturated carbocycles. The van der Waals surface area contributed by atoms with E-state index in [0.717, 1.165) is 0 Å². The molecule has 0 radical (unpaired) electrons. The third-order valence-electron chi connectivity index (χ3n) is 5.20. The molecule has 0 atom stereocenters. The van der Waals surface area contributed by atoms with E-state index in [0.29, 0.717) is 11.6 Å². The number of hydrogen-bond acceptors (Lipinski definition) is 4. The molecule has 2 aliphatic rings. The van der Waals surface area contributed by atoms with Gasteiger partial charge in [-0.25, -0.2) is 9.97 Å². The van der Waals surface area contributed by atoms with E-state index < -0.39 is 24.2 Å². The lowest BCUT2D eigenvalue weighted by Gasteiger charge is -2.35. The fraction of sp³-hybridized carbons (Fsp3) is 0.750. The summed E-state index contributed by atoms with van der Waals surface area (Å²) < 4.78 is 76.6. The van der Waals surface area contributed by atoms with Gasteiger partial charge in [0.1, 0.15) is 18.0 Å². The molecule has 0 N–H and O–H groups in total. The van der Waals surface area contributed by atoms with Gasteiger partial charge >= 0.3 is 12.4 Å². The Labute approximate surface area is 147 Å². The first-order valence-corrected chi connectivity index (χ1v) is 8.60. The van der Waals surface area contributed by atoms with Gasteiger partial charge in [-0.2, -0.15) is 26.3 Å². The van der Waals surface area contributed by atoms with Crippen molar-refractivity contribution in [3.05, 3.63) is 12.4 Å². The largest absolute Gasteiger partial charge is 0.391 e. The maximum Gasteiger partial charge on any atom is 0.391 e. The van der Waals surface area contributed by atoms with Crippen LogP contribution in [0.25, 0.3) is 0 Å². The quantitative estimate of drug-likeness (QED) is 0.723. The standard InChI is InChI=1S/C16H20F6N4/c17-15(18,19)11-1-5-25(6-2-11)13-9-14(24-10-23-13)26-7-3-12(4-8-26)16(20,21)22/h9-12H,1-8H2. The van der Waals surface area contributed by atoms with Gasteiger partial charge in [0.15, 0.2) is 0 Å². The van der Waals surface area contributed by atoms with Crippen LogP contribution in [0, 0.1) is 11.8 Å². The molecule has 26 heavy (non-hydrogen) atoms. The minimum atomic E-state index is -4.17. The predicted molar refractivity (Wildman–Crippen MR) is 84.0 cm³/mol. The monoisotopic (exact) mass is 382 g/mol. The summed E-state index contributed by atoms with van der Waals surface area (Å²) >= 11 is 0. The number of rotatable bonds is 2. The normalized spacial score (nSPS) is 21.3. The van der Waals surface area contributed by atoms with Crippen molar-refractivity contribution in [3.63, 3.8) is 0 Å². The SMILES string of the molecule is FC(F)(F)C1CCN(c2cc(N3CCC(C(F)(F)F)CC3)ncn2)CC1. The van der Waals surface area contributed by atoms with E-state index in [1.807, 2.05) is 0 Å². The minimum Gasteiger partial charge on any atom is -0.356 e. The van der Waals surface area contributed by atoms with Gasteiger partial charge in [-0.3, -0.25) is 0 Å². The summed E-state index contributed by atoms with van der Waals surface area (Å²) in [6.07, 6.45) is -6.98. The van der Waals surface area contributed by atoms with Crippen molar-refractivity contribution in [2.75, 3.05) is 36.0 Å². The number of anilines is 2. The van der Waals surface area contributed by atoms with Crippen LogP contribution in [0.2, 0.25) is 0 Å². The Morgan fingerprint density at radius 2 is 1.04 bits per heavy atom. The van der Waals surface area contributed by atoms with Crippen LogP contribution in [0.15, 0.2) is 12.4 Å². The van der Waals surface area contributed by atoms with Crippen molar-refractivity contribution in [2.45, 2.75) is 38.0 Å². The summed E-state index contributed by atoms with van der Waals surface area (Å²) in [5, 5.41) is 0. The Hall–Kier alpha value is -1.74. The molecule has 3 heterocycles. The molecule has 1 aromatic rings. The zero-order valence-corrected chi connectivity index (χ0v) is 14.0. The second-order valence-electron chi connectivity index (χ2n) is 6.84. The highest BCUT2D eigenvalue weighted by Gasteiger charge is 2.42. The molecule has 10 heteroatoms. The van der Waals surface area contributed by atoms with E-state index >= 15 is 0 Å². The third-order valence-corrected chi connectivity index (χ3v) is 5.20. The Morgan fingerprint density at radius 1 is 0.692 bits per heavy atom. The average molecular weight is 382 g/mol. The predicted octanol–water partition coefficient (Wildman–Crippen LogP) is 4.03. The molecule has 0 aromatic carbocycles. The number of nitrogens with zero attached hydrogens (tertiary/aromatic N) is 4. The van der Waals surface area contributed by atoms with Crippen LogP contribution in [-0.2, 0) is 0 Å². The second kappa shape index (κ2) is 7.11. The molecule has 0 spiro atoms. The van der Waals surface area contributed by atoms with Gasteiger partial charge in [-0.05, 0) is 25.7 Å². The van der Waals surface area contributed by atoms with Crippen molar-refractivity contribution in [1.29, 1.82) is 0 Å². The number of aromatic nitrogens is 2.